The van der Waals surface area contributed by atoms with Crippen LogP contribution in [0.1, 0.15) is 38.5 Å². The smallest absolute Gasteiger partial charge is 0.220 e. The standard InChI is InChI=1S/C13H24N2O2/c16-10-13(5-6-13)9-15-12(17)2-1-11-3-7-14-8-4-11/h11,14,16H,1-10H2,(H,15,17). The van der Waals surface area contributed by atoms with Crippen molar-refractivity contribution < 1.29 is 9.90 Å². The number of amides is 1. The lowest BCUT2D eigenvalue weighted by atomic mass is 9.93. The second-order valence-electron chi connectivity index (χ2n) is 5.67. The summed E-state index contributed by atoms with van der Waals surface area (Å²) in [6.45, 7) is 3.07. The second kappa shape index (κ2) is 5.83. The molecule has 0 aromatic carbocycles. The minimum atomic E-state index is 0.0322. The molecule has 3 N–H and O–H groups in total. The minimum absolute atomic E-state index is 0.0322. The van der Waals surface area contributed by atoms with Gasteiger partial charge in [-0.15, -0.1) is 0 Å². The van der Waals surface area contributed by atoms with Gasteiger partial charge in [-0.1, -0.05) is 0 Å². The Morgan fingerprint density at radius 3 is 2.65 bits per heavy atom. The average molecular weight is 240 g/mol. The van der Waals surface area contributed by atoms with Gasteiger partial charge >= 0.3 is 0 Å². The van der Waals surface area contributed by atoms with E-state index in [1.807, 2.05) is 0 Å². The van der Waals surface area contributed by atoms with E-state index in [-0.39, 0.29) is 17.9 Å². The molecule has 4 nitrogen and oxygen atoms in total. The van der Waals surface area contributed by atoms with Crippen LogP contribution in [0.25, 0.3) is 0 Å². The van der Waals surface area contributed by atoms with Crippen LogP contribution in [0, 0.1) is 11.3 Å². The molecule has 1 aliphatic carbocycles. The van der Waals surface area contributed by atoms with Gasteiger partial charge in [0.05, 0.1) is 6.61 Å². The van der Waals surface area contributed by atoms with Gasteiger partial charge in [0.25, 0.3) is 0 Å². The molecule has 0 bridgehead atoms. The lowest BCUT2D eigenvalue weighted by molar-refractivity contribution is -0.121. The first-order valence-electron chi connectivity index (χ1n) is 6.82. The molecule has 0 unspecified atom stereocenters. The van der Waals surface area contributed by atoms with Crippen LogP contribution >= 0.6 is 0 Å². The van der Waals surface area contributed by atoms with Gasteiger partial charge in [-0.3, -0.25) is 4.79 Å². The van der Waals surface area contributed by atoms with Gasteiger partial charge in [-0.05, 0) is 51.1 Å². The maximum Gasteiger partial charge on any atom is 0.220 e. The molecule has 17 heavy (non-hydrogen) atoms. The monoisotopic (exact) mass is 240 g/mol. The third kappa shape index (κ3) is 3.96. The molecular weight excluding hydrogens is 216 g/mol. The van der Waals surface area contributed by atoms with E-state index in [0.29, 0.717) is 13.0 Å². The molecule has 0 atom stereocenters. The summed E-state index contributed by atoms with van der Waals surface area (Å²) in [4.78, 5) is 11.7. The van der Waals surface area contributed by atoms with Crippen molar-refractivity contribution >= 4 is 5.91 Å². The third-order valence-electron chi connectivity index (χ3n) is 4.19. The molecule has 0 radical (unpaired) electrons. The van der Waals surface area contributed by atoms with Crippen LogP contribution in [0.15, 0.2) is 0 Å². The van der Waals surface area contributed by atoms with Crippen LogP contribution < -0.4 is 10.6 Å². The van der Waals surface area contributed by atoms with Gasteiger partial charge in [0.1, 0.15) is 0 Å². The van der Waals surface area contributed by atoms with Crippen molar-refractivity contribution in [3.05, 3.63) is 0 Å². The molecule has 98 valence electrons. The summed E-state index contributed by atoms with van der Waals surface area (Å²) in [7, 11) is 0. The molecule has 1 saturated heterocycles. The Morgan fingerprint density at radius 1 is 1.35 bits per heavy atom. The van der Waals surface area contributed by atoms with Crippen LogP contribution in [0.5, 0.6) is 0 Å². The Balaban J connectivity index is 1.57. The number of aliphatic hydroxyl groups is 1. The zero-order valence-electron chi connectivity index (χ0n) is 10.5. The summed E-state index contributed by atoms with van der Waals surface area (Å²) < 4.78 is 0. The lowest BCUT2D eigenvalue weighted by Gasteiger charge is -2.22. The predicted molar refractivity (Wildman–Crippen MR) is 66.6 cm³/mol. The quantitative estimate of drug-likeness (QED) is 0.639. The topological polar surface area (TPSA) is 61.4 Å². The van der Waals surface area contributed by atoms with Crippen molar-refractivity contribution in [2.45, 2.75) is 38.5 Å². The van der Waals surface area contributed by atoms with Crippen LogP contribution in [-0.4, -0.2) is 37.3 Å². The Labute approximate surface area is 103 Å². The van der Waals surface area contributed by atoms with E-state index in [2.05, 4.69) is 10.6 Å². The second-order valence-corrected chi connectivity index (χ2v) is 5.67. The van der Waals surface area contributed by atoms with Crippen LogP contribution in [0.3, 0.4) is 0 Å². The first-order chi connectivity index (χ1) is 8.24. The van der Waals surface area contributed by atoms with E-state index >= 15 is 0 Å². The fourth-order valence-corrected chi connectivity index (χ4v) is 2.45. The van der Waals surface area contributed by atoms with E-state index in [1.165, 1.54) is 12.8 Å². The highest BCUT2D eigenvalue weighted by Crippen LogP contribution is 2.44. The predicted octanol–water partition coefficient (Wildman–Crippen LogP) is 0.655. The number of carbonyl (C=O) groups is 1. The molecule has 1 aliphatic heterocycles. The first kappa shape index (κ1) is 12.8. The molecule has 4 heteroatoms. The maximum atomic E-state index is 11.7. The number of carbonyl (C=O) groups excluding carboxylic acids is 1. The van der Waals surface area contributed by atoms with E-state index in [1.54, 1.807) is 0 Å². The molecule has 2 aliphatic rings. The molecule has 1 saturated carbocycles. The van der Waals surface area contributed by atoms with Crippen molar-refractivity contribution in [3.8, 4) is 0 Å². The largest absolute Gasteiger partial charge is 0.396 e. The SMILES string of the molecule is O=C(CCC1CCNCC1)NCC1(CO)CC1. The van der Waals surface area contributed by atoms with E-state index in [4.69, 9.17) is 5.11 Å². The first-order valence-corrected chi connectivity index (χ1v) is 6.82. The van der Waals surface area contributed by atoms with E-state index in [0.717, 1.165) is 38.3 Å². The number of nitrogens with one attached hydrogen (secondary N) is 2. The van der Waals surface area contributed by atoms with Crippen molar-refractivity contribution in [2.24, 2.45) is 11.3 Å². The van der Waals surface area contributed by atoms with E-state index in [9.17, 15) is 4.79 Å². The van der Waals surface area contributed by atoms with Gasteiger partial charge in [0, 0.05) is 18.4 Å². The average Bonchev–Trinajstić information content (AvgIpc) is 3.16. The maximum absolute atomic E-state index is 11.7. The number of aliphatic hydroxyl groups excluding tert-OH is 1. The summed E-state index contributed by atoms with van der Waals surface area (Å²) in [6, 6.07) is 0. The Morgan fingerprint density at radius 2 is 2.06 bits per heavy atom. The highest BCUT2D eigenvalue weighted by Gasteiger charge is 2.41. The van der Waals surface area contributed by atoms with Crippen LogP contribution in [-0.2, 0) is 4.79 Å². The highest BCUT2D eigenvalue weighted by atomic mass is 16.3. The van der Waals surface area contributed by atoms with Crippen LogP contribution in [0.2, 0.25) is 0 Å². The summed E-state index contributed by atoms with van der Waals surface area (Å²) in [5, 5.41) is 15.4. The third-order valence-corrected chi connectivity index (χ3v) is 4.19. The fourth-order valence-electron chi connectivity index (χ4n) is 2.45. The molecule has 0 aromatic heterocycles. The number of hydrogen-bond acceptors (Lipinski definition) is 3. The highest BCUT2D eigenvalue weighted by molar-refractivity contribution is 5.75. The normalized spacial score (nSPS) is 23.4. The van der Waals surface area contributed by atoms with Gasteiger partial charge < -0.3 is 15.7 Å². The zero-order chi connectivity index (χ0) is 12.1. The van der Waals surface area contributed by atoms with Gasteiger partial charge in [0.2, 0.25) is 5.91 Å². The summed E-state index contributed by atoms with van der Waals surface area (Å²) >= 11 is 0. The molecule has 1 amide bonds. The van der Waals surface area contributed by atoms with Gasteiger partial charge in [-0.2, -0.15) is 0 Å². The van der Waals surface area contributed by atoms with Crippen LogP contribution in [0.4, 0.5) is 0 Å². The minimum Gasteiger partial charge on any atom is -0.396 e. The van der Waals surface area contributed by atoms with Crippen molar-refractivity contribution in [2.75, 3.05) is 26.2 Å². The van der Waals surface area contributed by atoms with Crippen molar-refractivity contribution in [1.29, 1.82) is 0 Å². The molecule has 0 aromatic rings. The summed E-state index contributed by atoms with van der Waals surface area (Å²) in [5.74, 6) is 0.873. The summed E-state index contributed by atoms with van der Waals surface area (Å²) in [5.41, 5.74) is 0.0322. The lowest BCUT2D eigenvalue weighted by Crippen LogP contribution is -2.33. The molecular formula is C13H24N2O2. The Hall–Kier alpha value is -0.610. The fraction of sp³-hybridized carbons (Fsp3) is 0.923. The van der Waals surface area contributed by atoms with Gasteiger partial charge in [-0.25, -0.2) is 0 Å². The Bertz CT molecular complexity index is 258. The Kier molecular flexibility index (Phi) is 4.40. The van der Waals surface area contributed by atoms with Gasteiger partial charge in [0.15, 0.2) is 0 Å². The number of rotatable bonds is 6. The summed E-state index contributed by atoms with van der Waals surface area (Å²) in [6.07, 6.45) is 6.17. The van der Waals surface area contributed by atoms with E-state index < -0.39 is 0 Å². The van der Waals surface area contributed by atoms with Crippen molar-refractivity contribution in [1.82, 2.24) is 10.6 Å². The van der Waals surface area contributed by atoms with Crippen molar-refractivity contribution in [3.63, 3.8) is 0 Å². The molecule has 2 fully saturated rings. The number of piperidine rings is 1. The molecule has 0 spiro atoms. The zero-order valence-corrected chi connectivity index (χ0v) is 10.5. The number of hydrogen-bond donors (Lipinski definition) is 3. The molecule has 1 heterocycles. The molecule has 2 rings (SSSR count).